The van der Waals surface area contributed by atoms with Crippen molar-refractivity contribution in [2.75, 3.05) is 5.75 Å². The Hall–Kier alpha value is -1.11. The summed E-state index contributed by atoms with van der Waals surface area (Å²) in [4.78, 5) is 10.0. The average molecular weight is 243 g/mol. The molecule has 0 spiro atoms. The van der Waals surface area contributed by atoms with Crippen LogP contribution < -0.4 is 0 Å². The van der Waals surface area contributed by atoms with Crippen LogP contribution in [0.5, 0.6) is 0 Å². The topological polar surface area (TPSA) is 83.6 Å². The third-order valence-corrected chi connectivity index (χ3v) is 2.72. The number of hydrogen-bond acceptors (Lipinski definition) is 5. The lowest BCUT2D eigenvalue weighted by atomic mass is 9.99. The van der Waals surface area contributed by atoms with Crippen molar-refractivity contribution < 1.29 is 15.1 Å². The van der Waals surface area contributed by atoms with Gasteiger partial charge in [-0.05, 0) is 18.1 Å². The quantitative estimate of drug-likeness (QED) is 0.422. The average Bonchev–Trinajstić information content (AvgIpc) is 2.27. The Morgan fingerprint density at radius 2 is 2.12 bits per heavy atom. The standard InChI is InChI=1S/C10H13NO4S/c1-6-2-3-7(11(14)15)4-8(6)10(13)9(12)5-16/h2-4,9-10,12-13,16H,5H2,1H3. The molecule has 0 amide bonds. The number of hydrogen-bond donors (Lipinski definition) is 3. The van der Waals surface area contributed by atoms with E-state index in [2.05, 4.69) is 12.6 Å². The van der Waals surface area contributed by atoms with E-state index < -0.39 is 17.1 Å². The van der Waals surface area contributed by atoms with Crippen LogP contribution in [-0.4, -0.2) is 27.0 Å². The second-order valence-electron chi connectivity index (χ2n) is 3.49. The van der Waals surface area contributed by atoms with Crippen LogP contribution >= 0.6 is 12.6 Å². The van der Waals surface area contributed by atoms with Gasteiger partial charge >= 0.3 is 0 Å². The number of thiol groups is 1. The SMILES string of the molecule is Cc1ccc([N+](=O)[O-])cc1C(O)C(O)CS. The number of nitrogens with zero attached hydrogens (tertiary/aromatic N) is 1. The van der Waals surface area contributed by atoms with Gasteiger partial charge < -0.3 is 10.2 Å². The molecule has 0 saturated heterocycles. The van der Waals surface area contributed by atoms with Gasteiger partial charge in [0.2, 0.25) is 0 Å². The number of aryl methyl sites for hydroxylation is 1. The summed E-state index contributed by atoms with van der Waals surface area (Å²) >= 11 is 3.86. The van der Waals surface area contributed by atoms with Crippen molar-refractivity contribution in [3.63, 3.8) is 0 Å². The third-order valence-electron chi connectivity index (χ3n) is 2.34. The van der Waals surface area contributed by atoms with Crippen molar-refractivity contribution in [3.8, 4) is 0 Å². The highest BCUT2D eigenvalue weighted by atomic mass is 32.1. The smallest absolute Gasteiger partial charge is 0.269 e. The fourth-order valence-corrected chi connectivity index (χ4v) is 1.57. The van der Waals surface area contributed by atoms with Gasteiger partial charge in [0, 0.05) is 17.9 Å². The van der Waals surface area contributed by atoms with E-state index in [1.54, 1.807) is 13.0 Å². The number of aliphatic hydroxyl groups is 2. The Balaban J connectivity index is 3.11. The summed E-state index contributed by atoms with van der Waals surface area (Å²) in [6.07, 6.45) is -2.19. The monoisotopic (exact) mass is 243 g/mol. The molecule has 2 atom stereocenters. The van der Waals surface area contributed by atoms with Crippen LogP contribution in [0.15, 0.2) is 18.2 Å². The van der Waals surface area contributed by atoms with Crippen LogP contribution in [0.3, 0.4) is 0 Å². The van der Waals surface area contributed by atoms with E-state index in [9.17, 15) is 20.3 Å². The van der Waals surface area contributed by atoms with Crippen molar-refractivity contribution in [3.05, 3.63) is 39.4 Å². The molecular weight excluding hydrogens is 230 g/mol. The first kappa shape index (κ1) is 13.0. The largest absolute Gasteiger partial charge is 0.389 e. The highest BCUT2D eigenvalue weighted by Gasteiger charge is 2.21. The molecule has 2 unspecified atom stereocenters. The Labute approximate surface area is 98.3 Å². The molecule has 0 saturated carbocycles. The molecule has 0 aliphatic carbocycles. The van der Waals surface area contributed by atoms with Gasteiger partial charge in [-0.15, -0.1) is 0 Å². The summed E-state index contributed by atoms with van der Waals surface area (Å²) in [5, 5.41) is 29.8. The fraction of sp³-hybridized carbons (Fsp3) is 0.400. The van der Waals surface area contributed by atoms with Gasteiger partial charge in [0.25, 0.3) is 5.69 Å². The molecule has 0 fully saturated rings. The van der Waals surface area contributed by atoms with Gasteiger partial charge in [0.05, 0.1) is 11.0 Å². The minimum absolute atomic E-state index is 0.0866. The van der Waals surface area contributed by atoms with Gasteiger partial charge in [0.15, 0.2) is 0 Å². The first-order valence-electron chi connectivity index (χ1n) is 4.69. The van der Waals surface area contributed by atoms with E-state index in [-0.39, 0.29) is 11.4 Å². The van der Waals surface area contributed by atoms with Crippen LogP contribution in [0.1, 0.15) is 17.2 Å². The molecule has 0 aromatic heterocycles. The number of benzene rings is 1. The van der Waals surface area contributed by atoms with Gasteiger partial charge in [-0.1, -0.05) is 6.07 Å². The second kappa shape index (κ2) is 5.29. The molecule has 2 N–H and O–H groups in total. The number of rotatable bonds is 4. The summed E-state index contributed by atoms with van der Waals surface area (Å²) in [5.74, 6) is 0.0866. The summed E-state index contributed by atoms with van der Waals surface area (Å²) in [5.41, 5.74) is 0.945. The van der Waals surface area contributed by atoms with Crippen molar-refractivity contribution in [1.82, 2.24) is 0 Å². The van der Waals surface area contributed by atoms with E-state index in [0.29, 0.717) is 11.1 Å². The highest BCUT2D eigenvalue weighted by Crippen LogP contribution is 2.25. The Bertz CT molecular complexity index is 396. The Morgan fingerprint density at radius 3 is 2.62 bits per heavy atom. The second-order valence-corrected chi connectivity index (χ2v) is 3.86. The maximum atomic E-state index is 10.6. The molecule has 0 heterocycles. The zero-order chi connectivity index (χ0) is 12.3. The van der Waals surface area contributed by atoms with E-state index in [1.807, 2.05) is 0 Å². The Kier molecular flexibility index (Phi) is 4.28. The molecule has 1 rings (SSSR count). The molecule has 88 valence electrons. The van der Waals surface area contributed by atoms with E-state index in [4.69, 9.17) is 0 Å². The van der Waals surface area contributed by atoms with Crippen LogP contribution in [0.4, 0.5) is 5.69 Å². The van der Waals surface area contributed by atoms with Crippen LogP contribution in [0, 0.1) is 17.0 Å². The molecule has 0 radical (unpaired) electrons. The number of nitro groups is 1. The summed E-state index contributed by atoms with van der Waals surface area (Å²) < 4.78 is 0. The molecule has 0 bridgehead atoms. The molecule has 0 aliphatic heterocycles. The normalized spacial score (nSPS) is 14.5. The van der Waals surface area contributed by atoms with Gasteiger partial charge in [-0.3, -0.25) is 10.1 Å². The van der Waals surface area contributed by atoms with Gasteiger partial charge in [-0.25, -0.2) is 0 Å². The van der Waals surface area contributed by atoms with Crippen molar-refractivity contribution >= 4 is 18.3 Å². The lowest BCUT2D eigenvalue weighted by Gasteiger charge is -2.17. The highest BCUT2D eigenvalue weighted by molar-refractivity contribution is 7.80. The number of aliphatic hydroxyl groups excluding tert-OH is 2. The zero-order valence-electron chi connectivity index (χ0n) is 8.70. The van der Waals surface area contributed by atoms with E-state index >= 15 is 0 Å². The van der Waals surface area contributed by atoms with Crippen LogP contribution in [0.2, 0.25) is 0 Å². The van der Waals surface area contributed by atoms with Gasteiger partial charge in [0.1, 0.15) is 6.10 Å². The first-order valence-corrected chi connectivity index (χ1v) is 5.32. The molecule has 5 nitrogen and oxygen atoms in total. The van der Waals surface area contributed by atoms with Crippen LogP contribution in [0.25, 0.3) is 0 Å². The fourth-order valence-electron chi connectivity index (χ4n) is 1.37. The predicted molar refractivity (Wildman–Crippen MR) is 62.7 cm³/mol. The lowest BCUT2D eigenvalue weighted by molar-refractivity contribution is -0.385. The minimum Gasteiger partial charge on any atom is -0.389 e. The Morgan fingerprint density at radius 1 is 1.50 bits per heavy atom. The van der Waals surface area contributed by atoms with Crippen molar-refractivity contribution in [1.29, 1.82) is 0 Å². The van der Waals surface area contributed by atoms with E-state index in [1.165, 1.54) is 12.1 Å². The summed E-state index contributed by atoms with van der Waals surface area (Å²) in [6.45, 7) is 1.72. The maximum absolute atomic E-state index is 10.6. The molecule has 6 heteroatoms. The van der Waals surface area contributed by atoms with E-state index in [0.717, 1.165) is 0 Å². The van der Waals surface area contributed by atoms with Crippen LogP contribution in [-0.2, 0) is 0 Å². The summed E-state index contributed by atoms with van der Waals surface area (Å²) in [7, 11) is 0. The predicted octanol–water partition coefficient (Wildman–Crippen LogP) is 1.23. The third kappa shape index (κ3) is 2.72. The molecule has 1 aromatic rings. The number of non-ortho nitro benzene ring substituents is 1. The molecular formula is C10H13NO4S. The van der Waals surface area contributed by atoms with Crippen molar-refractivity contribution in [2.24, 2.45) is 0 Å². The zero-order valence-corrected chi connectivity index (χ0v) is 9.59. The first-order chi connectivity index (χ1) is 7.47. The minimum atomic E-state index is -1.16. The molecule has 16 heavy (non-hydrogen) atoms. The molecule has 1 aromatic carbocycles. The van der Waals surface area contributed by atoms with Gasteiger partial charge in [-0.2, -0.15) is 12.6 Å². The van der Waals surface area contributed by atoms with Crippen molar-refractivity contribution in [2.45, 2.75) is 19.1 Å². The number of nitro benzene ring substituents is 1. The lowest BCUT2D eigenvalue weighted by Crippen LogP contribution is -2.20. The maximum Gasteiger partial charge on any atom is 0.269 e. The summed E-state index contributed by atoms with van der Waals surface area (Å²) in [6, 6.07) is 4.17. The molecule has 0 aliphatic rings.